The standard InChI is InChI=1S/C39H74O4/c1-3-5-7-9-11-13-15-17-19-21-23-25-27-29-31-33-35-42-38(36-40)37-43-39(41)34-32-30-28-26-24-22-20-18-16-14-12-10-8-6-4-2/h28,30,32,34,38,40H,3-27,29,31,33,35-37H2,1-2H3. The van der Waals surface area contributed by atoms with Crippen molar-refractivity contribution in [2.75, 3.05) is 19.8 Å². The Labute approximate surface area is 268 Å². The van der Waals surface area contributed by atoms with Gasteiger partial charge >= 0.3 is 5.97 Å². The van der Waals surface area contributed by atoms with Gasteiger partial charge in [-0.1, -0.05) is 193 Å². The van der Waals surface area contributed by atoms with Crippen LogP contribution in [0.5, 0.6) is 0 Å². The van der Waals surface area contributed by atoms with E-state index in [1.807, 2.05) is 6.08 Å². The molecule has 43 heavy (non-hydrogen) atoms. The van der Waals surface area contributed by atoms with Crippen LogP contribution in [0.2, 0.25) is 0 Å². The highest BCUT2D eigenvalue weighted by Crippen LogP contribution is 2.14. The van der Waals surface area contributed by atoms with Gasteiger partial charge in [0.15, 0.2) is 0 Å². The molecule has 0 aliphatic rings. The van der Waals surface area contributed by atoms with E-state index in [1.54, 1.807) is 6.08 Å². The summed E-state index contributed by atoms with van der Waals surface area (Å²) < 4.78 is 11.0. The molecule has 0 radical (unpaired) electrons. The minimum atomic E-state index is -0.440. The Bertz CT molecular complexity index is 600. The van der Waals surface area contributed by atoms with Crippen LogP contribution in [-0.2, 0) is 14.3 Å². The fourth-order valence-electron chi connectivity index (χ4n) is 5.51. The number of esters is 1. The van der Waals surface area contributed by atoms with Crippen LogP contribution in [0.4, 0.5) is 0 Å². The van der Waals surface area contributed by atoms with Crippen molar-refractivity contribution in [3.8, 4) is 0 Å². The number of aliphatic hydroxyl groups is 1. The molecule has 0 bridgehead atoms. The van der Waals surface area contributed by atoms with E-state index in [0.717, 1.165) is 19.3 Å². The summed E-state index contributed by atoms with van der Waals surface area (Å²) in [5, 5.41) is 9.55. The van der Waals surface area contributed by atoms with Gasteiger partial charge in [0.2, 0.25) is 0 Å². The Morgan fingerprint density at radius 2 is 0.953 bits per heavy atom. The second kappa shape index (κ2) is 37.1. The number of allylic oxidation sites excluding steroid dienone is 3. The lowest BCUT2D eigenvalue weighted by Crippen LogP contribution is -2.25. The molecule has 0 aromatic heterocycles. The van der Waals surface area contributed by atoms with Crippen molar-refractivity contribution in [2.24, 2.45) is 0 Å². The largest absolute Gasteiger partial charge is 0.460 e. The summed E-state index contributed by atoms with van der Waals surface area (Å²) >= 11 is 0. The molecule has 0 fully saturated rings. The monoisotopic (exact) mass is 607 g/mol. The molecule has 0 saturated heterocycles. The van der Waals surface area contributed by atoms with Crippen molar-refractivity contribution in [1.82, 2.24) is 0 Å². The smallest absolute Gasteiger partial charge is 0.330 e. The molecule has 0 aromatic rings. The summed E-state index contributed by atoms with van der Waals surface area (Å²) in [5.74, 6) is -0.385. The molecule has 0 heterocycles. The number of carbonyl (C=O) groups excluding carboxylic acids is 1. The number of ether oxygens (including phenoxy) is 2. The summed E-state index contributed by atoms with van der Waals surface area (Å²) in [5.41, 5.74) is 0. The fourth-order valence-corrected chi connectivity index (χ4v) is 5.51. The Balaban J connectivity index is 3.50. The summed E-state index contributed by atoms with van der Waals surface area (Å²) in [7, 11) is 0. The molecular formula is C39H74O4. The second-order valence-electron chi connectivity index (χ2n) is 12.7. The van der Waals surface area contributed by atoms with Crippen LogP contribution >= 0.6 is 0 Å². The third-order valence-electron chi connectivity index (χ3n) is 8.42. The number of unbranched alkanes of at least 4 members (excludes halogenated alkanes) is 26. The third-order valence-corrected chi connectivity index (χ3v) is 8.42. The molecule has 0 rings (SSSR count). The van der Waals surface area contributed by atoms with Gasteiger partial charge in [-0.05, 0) is 19.3 Å². The minimum absolute atomic E-state index is 0.0982. The number of hydrogen-bond donors (Lipinski definition) is 1. The number of carbonyl (C=O) groups is 1. The Morgan fingerprint density at radius 3 is 1.37 bits per heavy atom. The quantitative estimate of drug-likeness (QED) is 0.0337. The van der Waals surface area contributed by atoms with Gasteiger partial charge in [0.25, 0.3) is 0 Å². The van der Waals surface area contributed by atoms with Crippen LogP contribution in [0.25, 0.3) is 0 Å². The maximum Gasteiger partial charge on any atom is 0.330 e. The van der Waals surface area contributed by atoms with E-state index in [2.05, 4.69) is 19.9 Å². The summed E-state index contributed by atoms with van der Waals surface area (Å²) in [6.45, 7) is 5.13. The predicted octanol–water partition coefficient (Wildman–Crippen LogP) is 12.0. The van der Waals surface area contributed by atoms with Crippen LogP contribution in [0.15, 0.2) is 24.3 Å². The van der Waals surface area contributed by atoms with E-state index < -0.39 is 6.10 Å². The predicted molar refractivity (Wildman–Crippen MR) is 187 cm³/mol. The first-order valence-corrected chi connectivity index (χ1v) is 19.0. The lowest BCUT2D eigenvalue weighted by atomic mass is 10.0. The van der Waals surface area contributed by atoms with Gasteiger partial charge < -0.3 is 14.6 Å². The lowest BCUT2D eigenvalue weighted by molar-refractivity contribution is -0.143. The van der Waals surface area contributed by atoms with Gasteiger partial charge in [-0.15, -0.1) is 0 Å². The second-order valence-corrected chi connectivity index (χ2v) is 12.7. The van der Waals surface area contributed by atoms with E-state index in [-0.39, 0.29) is 19.2 Å². The zero-order valence-electron chi connectivity index (χ0n) is 29.0. The first kappa shape index (κ1) is 41.9. The molecule has 0 amide bonds. The van der Waals surface area contributed by atoms with Crippen molar-refractivity contribution in [1.29, 1.82) is 0 Å². The maximum absolute atomic E-state index is 12.0. The van der Waals surface area contributed by atoms with E-state index in [1.165, 1.54) is 167 Å². The molecule has 0 saturated carbocycles. The van der Waals surface area contributed by atoms with Crippen molar-refractivity contribution >= 4 is 5.97 Å². The average Bonchev–Trinajstić information content (AvgIpc) is 3.02. The number of aliphatic hydroxyl groups excluding tert-OH is 1. The van der Waals surface area contributed by atoms with Crippen molar-refractivity contribution in [2.45, 2.75) is 200 Å². The van der Waals surface area contributed by atoms with Gasteiger partial charge in [-0.3, -0.25) is 0 Å². The van der Waals surface area contributed by atoms with Crippen molar-refractivity contribution in [3.63, 3.8) is 0 Å². The Morgan fingerprint density at radius 1 is 0.558 bits per heavy atom. The van der Waals surface area contributed by atoms with Gasteiger partial charge in [-0.25, -0.2) is 4.79 Å². The van der Waals surface area contributed by atoms with Gasteiger partial charge in [0.1, 0.15) is 12.7 Å². The first-order chi connectivity index (χ1) is 21.2. The molecule has 0 aliphatic carbocycles. The summed E-state index contributed by atoms with van der Waals surface area (Å²) in [4.78, 5) is 12.0. The van der Waals surface area contributed by atoms with Crippen LogP contribution < -0.4 is 0 Å². The average molecular weight is 607 g/mol. The van der Waals surface area contributed by atoms with Gasteiger partial charge in [-0.2, -0.15) is 0 Å². The van der Waals surface area contributed by atoms with Gasteiger partial charge in [0.05, 0.1) is 6.61 Å². The summed E-state index contributed by atoms with van der Waals surface area (Å²) in [6, 6.07) is 0. The van der Waals surface area contributed by atoms with Crippen LogP contribution in [0.1, 0.15) is 194 Å². The van der Waals surface area contributed by atoms with Crippen LogP contribution in [0.3, 0.4) is 0 Å². The number of rotatable bonds is 35. The molecule has 4 heteroatoms. The number of hydrogen-bond acceptors (Lipinski definition) is 4. The van der Waals surface area contributed by atoms with E-state index in [9.17, 15) is 9.90 Å². The topological polar surface area (TPSA) is 55.8 Å². The molecule has 1 unspecified atom stereocenters. The zero-order valence-corrected chi connectivity index (χ0v) is 29.0. The fraction of sp³-hybridized carbons (Fsp3) is 0.872. The molecule has 4 nitrogen and oxygen atoms in total. The summed E-state index contributed by atoms with van der Waals surface area (Å²) in [6.07, 6.45) is 44.3. The van der Waals surface area contributed by atoms with E-state index in [4.69, 9.17) is 9.47 Å². The highest BCUT2D eigenvalue weighted by Gasteiger charge is 2.10. The zero-order chi connectivity index (χ0) is 31.3. The van der Waals surface area contributed by atoms with Crippen LogP contribution in [-0.4, -0.2) is 37.0 Å². The van der Waals surface area contributed by atoms with Crippen molar-refractivity contribution in [3.05, 3.63) is 24.3 Å². The Kier molecular flexibility index (Phi) is 36.1. The lowest BCUT2D eigenvalue weighted by Gasteiger charge is -2.15. The molecule has 1 N–H and O–H groups in total. The first-order valence-electron chi connectivity index (χ1n) is 19.0. The molecule has 0 aromatic carbocycles. The van der Waals surface area contributed by atoms with E-state index in [0.29, 0.717) is 6.61 Å². The SMILES string of the molecule is CCCCCCCCCCCCCC=CC=CC(=O)OCC(CO)OCCCCCCCCCCCCCCCCCC. The Hall–Kier alpha value is -1.13. The highest BCUT2D eigenvalue weighted by molar-refractivity contribution is 5.82. The minimum Gasteiger partial charge on any atom is -0.460 e. The van der Waals surface area contributed by atoms with Crippen LogP contribution in [0, 0.1) is 0 Å². The molecule has 254 valence electrons. The van der Waals surface area contributed by atoms with Gasteiger partial charge in [0, 0.05) is 12.7 Å². The molecule has 1 atom stereocenters. The normalized spacial score (nSPS) is 12.5. The molecule has 0 spiro atoms. The third kappa shape index (κ3) is 35.2. The molecule has 0 aliphatic heterocycles. The van der Waals surface area contributed by atoms with E-state index >= 15 is 0 Å². The van der Waals surface area contributed by atoms with Crippen molar-refractivity contribution < 1.29 is 19.4 Å². The highest BCUT2D eigenvalue weighted by atomic mass is 16.6. The maximum atomic E-state index is 12.0. The molecular weight excluding hydrogens is 532 g/mol.